The van der Waals surface area contributed by atoms with Crippen molar-refractivity contribution < 1.29 is 14.5 Å². The van der Waals surface area contributed by atoms with E-state index in [9.17, 15) is 9.59 Å². The lowest BCUT2D eigenvalue weighted by Crippen LogP contribution is -3.12. The van der Waals surface area contributed by atoms with E-state index in [-0.39, 0.29) is 17.7 Å². The average molecular weight is 325 g/mol. The molecule has 2 aromatic carbocycles. The third-order valence-electron chi connectivity index (χ3n) is 4.42. The van der Waals surface area contributed by atoms with Crippen molar-refractivity contribution in [3.8, 4) is 0 Å². The van der Waals surface area contributed by atoms with Crippen molar-refractivity contribution in [1.29, 1.82) is 0 Å². The van der Waals surface area contributed by atoms with Crippen molar-refractivity contribution >= 4 is 17.4 Å². The van der Waals surface area contributed by atoms with E-state index in [2.05, 4.69) is 24.4 Å². The molecule has 0 heterocycles. The van der Waals surface area contributed by atoms with Crippen LogP contribution in [0.1, 0.15) is 35.3 Å². The first kappa shape index (κ1) is 17.9. The first-order valence-electron chi connectivity index (χ1n) is 8.17. The van der Waals surface area contributed by atoms with Gasteiger partial charge in [-0.3, -0.25) is 9.59 Å². The van der Waals surface area contributed by atoms with Crippen LogP contribution in [0.15, 0.2) is 48.5 Å². The smallest absolute Gasteiger partial charge is 0.282 e. The molecule has 0 radical (unpaired) electrons. The number of benzene rings is 2. The second kappa shape index (κ2) is 7.88. The molecule has 2 rings (SSSR count). The summed E-state index contributed by atoms with van der Waals surface area (Å²) >= 11 is 0. The van der Waals surface area contributed by atoms with Gasteiger partial charge in [-0.2, -0.15) is 0 Å². The fraction of sp³-hybridized carbons (Fsp3) is 0.300. The van der Waals surface area contributed by atoms with Crippen molar-refractivity contribution in [2.75, 3.05) is 12.4 Å². The van der Waals surface area contributed by atoms with E-state index >= 15 is 0 Å². The molecule has 1 amide bonds. The molecule has 0 saturated carbocycles. The van der Waals surface area contributed by atoms with Crippen LogP contribution in [0.4, 0.5) is 5.69 Å². The summed E-state index contributed by atoms with van der Waals surface area (Å²) < 4.78 is 0. The van der Waals surface area contributed by atoms with E-state index < -0.39 is 0 Å². The Labute approximate surface area is 143 Å². The van der Waals surface area contributed by atoms with Crippen LogP contribution in [0.5, 0.6) is 0 Å². The van der Waals surface area contributed by atoms with Crippen molar-refractivity contribution in [3.63, 3.8) is 0 Å². The predicted octanol–water partition coefficient (Wildman–Crippen LogP) is 2.24. The Morgan fingerprint density at radius 1 is 1.08 bits per heavy atom. The maximum atomic E-state index is 12.4. The number of carbonyl (C=O) groups is 2. The van der Waals surface area contributed by atoms with E-state index in [0.29, 0.717) is 11.3 Å². The Morgan fingerprint density at radius 3 is 2.29 bits per heavy atom. The molecule has 0 saturated heterocycles. The lowest BCUT2D eigenvalue weighted by molar-refractivity contribution is -0.907. The molecule has 0 fully saturated rings. The zero-order valence-corrected chi connectivity index (χ0v) is 14.7. The van der Waals surface area contributed by atoms with Gasteiger partial charge in [-0.25, -0.2) is 0 Å². The Kier molecular flexibility index (Phi) is 5.88. The number of aryl methyl sites for hydroxylation is 1. The number of Topliss-reactive ketones (excluding diaryl/α,β-unsaturated/α-hetero) is 1. The van der Waals surface area contributed by atoms with Gasteiger partial charge in [0.25, 0.3) is 5.91 Å². The standard InChI is InChI=1S/C20H24N2O2/c1-14-7-5-6-8-18(14)13-22(4)15(2)20(24)21-19-11-9-17(10-12-19)16(3)23/h5-12,15H,13H2,1-4H3,(H,21,24)/p+1/t15-/m1/s1. The molecule has 1 unspecified atom stereocenters. The van der Waals surface area contributed by atoms with Crippen molar-refractivity contribution in [1.82, 2.24) is 0 Å². The molecule has 0 bridgehead atoms. The minimum atomic E-state index is -0.183. The van der Waals surface area contributed by atoms with Crippen molar-refractivity contribution in [2.45, 2.75) is 33.4 Å². The number of amides is 1. The second-order valence-corrected chi connectivity index (χ2v) is 6.29. The van der Waals surface area contributed by atoms with E-state index in [1.54, 1.807) is 24.3 Å². The second-order valence-electron chi connectivity index (χ2n) is 6.29. The van der Waals surface area contributed by atoms with Crippen LogP contribution in [0.3, 0.4) is 0 Å². The van der Waals surface area contributed by atoms with Gasteiger partial charge in [-0.05, 0) is 50.6 Å². The summed E-state index contributed by atoms with van der Waals surface area (Å²) in [6.07, 6.45) is 0. The molecule has 0 aliphatic carbocycles. The Morgan fingerprint density at radius 2 is 1.71 bits per heavy atom. The van der Waals surface area contributed by atoms with Gasteiger partial charge in [0.15, 0.2) is 11.8 Å². The largest absolute Gasteiger partial charge is 0.324 e. The number of nitrogens with one attached hydrogen (secondary N) is 2. The lowest BCUT2D eigenvalue weighted by atomic mass is 10.1. The molecule has 2 N–H and O–H groups in total. The Hall–Kier alpha value is -2.46. The van der Waals surface area contributed by atoms with Gasteiger partial charge < -0.3 is 10.2 Å². The summed E-state index contributed by atoms with van der Waals surface area (Å²) in [5, 5.41) is 2.92. The Balaban J connectivity index is 1.98. The molecular weight excluding hydrogens is 300 g/mol. The fourth-order valence-electron chi connectivity index (χ4n) is 2.52. The van der Waals surface area contributed by atoms with Gasteiger partial charge in [-0.15, -0.1) is 0 Å². The summed E-state index contributed by atoms with van der Waals surface area (Å²) in [5.74, 6) is -0.0136. The molecule has 24 heavy (non-hydrogen) atoms. The van der Waals surface area contributed by atoms with Crippen LogP contribution in [0.25, 0.3) is 0 Å². The molecule has 4 heteroatoms. The summed E-state index contributed by atoms with van der Waals surface area (Å²) in [6, 6.07) is 15.0. The molecule has 0 aliphatic rings. The summed E-state index contributed by atoms with van der Waals surface area (Å²) in [7, 11) is 2.02. The number of hydrogen-bond acceptors (Lipinski definition) is 2. The third kappa shape index (κ3) is 4.52. The van der Waals surface area contributed by atoms with Gasteiger partial charge in [-0.1, -0.05) is 24.3 Å². The highest BCUT2D eigenvalue weighted by Crippen LogP contribution is 2.10. The maximum absolute atomic E-state index is 12.4. The zero-order chi connectivity index (χ0) is 17.7. The molecule has 0 aliphatic heterocycles. The van der Waals surface area contributed by atoms with E-state index in [4.69, 9.17) is 0 Å². The first-order valence-corrected chi connectivity index (χ1v) is 8.17. The molecule has 126 valence electrons. The lowest BCUT2D eigenvalue weighted by Gasteiger charge is -2.22. The number of carbonyl (C=O) groups excluding carboxylic acids is 2. The number of likely N-dealkylation sites (N-methyl/N-ethyl adjacent to an activating group) is 1. The molecular formula is C20H25N2O2+. The average Bonchev–Trinajstić information content (AvgIpc) is 2.56. The molecule has 2 atom stereocenters. The minimum Gasteiger partial charge on any atom is -0.324 e. The topological polar surface area (TPSA) is 50.6 Å². The summed E-state index contributed by atoms with van der Waals surface area (Å²) in [4.78, 5) is 24.9. The van der Waals surface area contributed by atoms with Crippen molar-refractivity contribution in [3.05, 3.63) is 65.2 Å². The monoisotopic (exact) mass is 325 g/mol. The van der Waals surface area contributed by atoms with Gasteiger partial charge in [0.1, 0.15) is 6.54 Å². The molecule has 4 nitrogen and oxygen atoms in total. The fourth-order valence-corrected chi connectivity index (χ4v) is 2.52. The molecule has 0 spiro atoms. The first-order chi connectivity index (χ1) is 11.4. The normalized spacial score (nSPS) is 13.2. The number of ketones is 1. The minimum absolute atomic E-state index is 0.0173. The number of quaternary nitrogens is 1. The quantitative estimate of drug-likeness (QED) is 0.800. The van der Waals surface area contributed by atoms with Gasteiger partial charge >= 0.3 is 0 Å². The third-order valence-corrected chi connectivity index (χ3v) is 4.42. The van der Waals surface area contributed by atoms with Crippen LogP contribution in [0, 0.1) is 6.92 Å². The zero-order valence-electron chi connectivity index (χ0n) is 14.7. The van der Waals surface area contributed by atoms with Gasteiger partial charge in [0, 0.05) is 16.8 Å². The highest BCUT2D eigenvalue weighted by Gasteiger charge is 2.22. The summed E-state index contributed by atoms with van der Waals surface area (Å²) in [5.41, 5.74) is 3.84. The van der Waals surface area contributed by atoms with E-state index in [1.165, 1.54) is 18.1 Å². The van der Waals surface area contributed by atoms with Crippen LogP contribution >= 0.6 is 0 Å². The van der Waals surface area contributed by atoms with Crippen molar-refractivity contribution in [2.24, 2.45) is 0 Å². The van der Waals surface area contributed by atoms with Crippen LogP contribution in [-0.4, -0.2) is 24.8 Å². The Bertz CT molecular complexity index is 723. The van der Waals surface area contributed by atoms with Gasteiger partial charge in [0.05, 0.1) is 7.05 Å². The van der Waals surface area contributed by atoms with E-state index in [0.717, 1.165) is 11.4 Å². The number of anilines is 1. The highest BCUT2D eigenvalue weighted by molar-refractivity contribution is 5.96. The van der Waals surface area contributed by atoms with Crippen LogP contribution in [0.2, 0.25) is 0 Å². The molecule has 2 aromatic rings. The predicted molar refractivity (Wildman–Crippen MR) is 96.3 cm³/mol. The van der Waals surface area contributed by atoms with Gasteiger partial charge in [0.2, 0.25) is 0 Å². The van der Waals surface area contributed by atoms with E-state index in [1.807, 2.05) is 26.1 Å². The SMILES string of the molecule is CC(=O)c1ccc(NC(=O)[C@@H](C)[NH+](C)Cc2ccccc2C)cc1. The molecule has 0 aromatic heterocycles. The van der Waals surface area contributed by atoms with Crippen LogP contribution in [-0.2, 0) is 11.3 Å². The highest BCUT2D eigenvalue weighted by atomic mass is 16.2. The number of rotatable bonds is 6. The van der Waals surface area contributed by atoms with Crippen LogP contribution < -0.4 is 10.2 Å². The maximum Gasteiger partial charge on any atom is 0.282 e. The summed E-state index contributed by atoms with van der Waals surface area (Å²) in [6.45, 7) is 6.33. The number of hydrogen-bond donors (Lipinski definition) is 2.